The molecule has 0 aromatic rings. The van der Waals surface area contributed by atoms with E-state index in [9.17, 15) is 4.79 Å². The van der Waals surface area contributed by atoms with Crippen LogP contribution >= 0.6 is 0 Å². The van der Waals surface area contributed by atoms with Crippen molar-refractivity contribution in [3.8, 4) is 0 Å². The van der Waals surface area contributed by atoms with Crippen molar-refractivity contribution in [3.63, 3.8) is 0 Å². The van der Waals surface area contributed by atoms with Gasteiger partial charge in [0.2, 0.25) is 0 Å². The molecule has 0 atom stereocenters. The second-order valence-electron chi connectivity index (χ2n) is 2.17. The molecule has 58 valence electrons. The van der Waals surface area contributed by atoms with Crippen LogP contribution < -0.4 is 0 Å². The van der Waals surface area contributed by atoms with Gasteiger partial charge < -0.3 is 14.9 Å². The van der Waals surface area contributed by atoms with E-state index >= 15 is 0 Å². The van der Waals surface area contributed by atoms with E-state index < -0.39 is 6.50 Å². The summed E-state index contributed by atoms with van der Waals surface area (Å²) >= 11 is 0. The summed E-state index contributed by atoms with van der Waals surface area (Å²) in [6, 6.07) is -0.367. The lowest BCUT2D eigenvalue weighted by Crippen LogP contribution is -2.31. The van der Waals surface area contributed by atoms with Gasteiger partial charge in [-0.15, -0.1) is 0 Å². The molecule has 1 rings (SSSR count). The predicted octanol–water partition coefficient (Wildman–Crippen LogP) is -0.654. The highest BCUT2D eigenvalue weighted by atomic mass is 16.3. The first kappa shape index (κ1) is 4.96. The molecule has 1 saturated heterocycles. The van der Waals surface area contributed by atoms with Gasteiger partial charge in [0.15, 0.2) is 0 Å². The molecule has 0 aliphatic carbocycles. The van der Waals surface area contributed by atoms with Crippen molar-refractivity contribution in [1.29, 1.82) is 0 Å². The Morgan fingerprint density at radius 3 is 3.00 bits per heavy atom. The Balaban J connectivity index is 2.74. The molecule has 4 heteroatoms. The Morgan fingerprint density at radius 2 is 2.60 bits per heavy atom. The Kier molecular flexibility index (Phi) is 1.43. The number of aliphatic hydroxyl groups excluding tert-OH is 1. The summed E-state index contributed by atoms with van der Waals surface area (Å²) in [7, 11) is 1.54. The second kappa shape index (κ2) is 2.88. The topological polar surface area (TPSA) is 43.8 Å². The standard InChI is InChI=1S/C6H12N2O2/c1-7-2-3-8(4-5-9)6(7)10/h9H,2-5H2,1H3/i3D2. The molecule has 1 aliphatic rings. The lowest BCUT2D eigenvalue weighted by Gasteiger charge is -2.13. The van der Waals surface area contributed by atoms with E-state index in [1.54, 1.807) is 0 Å². The number of nitrogens with zero attached hydrogens (tertiary/aromatic N) is 2. The van der Waals surface area contributed by atoms with Gasteiger partial charge in [0.25, 0.3) is 0 Å². The van der Waals surface area contributed by atoms with Crippen molar-refractivity contribution in [1.82, 2.24) is 9.80 Å². The summed E-state index contributed by atoms with van der Waals surface area (Å²) in [4.78, 5) is 13.5. The molecule has 0 bridgehead atoms. The number of carbonyl (C=O) groups is 1. The molecule has 4 nitrogen and oxygen atoms in total. The van der Waals surface area contributed by atoms with E-state index in [0.717, 1.165) is 4.90 Å². The summed E-state index contributed by atoms with van der Waals surface area (Å²) in [5, 5.41) is 8.58. The van der Waals surface area contributed by atoms with Crippen LogP contribution in [0.4, 0.5) is 4.79 Å². The number of amides is 2. The SMILES string of the molecule is [2H]C1([2H])CN(C)C(=O)N1CCO. The average molecular weight is 146 g/mol. The van der Waals surface area contributed by atoms with Crippen LogP contribution in [0.2, 0.25) is 0 Å². The third-order valence-corrected chi connectivity index (χ3v) is 1.38. The maximum absolute atomic E-state index is 11.2. The highest BCUT2D eigenvalue weighted by Crippen LogP contribution is 2.03. The van der Waals surface area contributed by atoms with E-state index in [-0.39, 0.29) is 25.7 Å². The van der Waals surface area contributed by atoms with Crippen molar-refractivity contribution >= 4 is 6.03 Å². The van der Waals surface area contributed by atoms with Gasteiger partial charge in [-0.05, 0) is 0 Å². The van der Waals surface area contributed by atoms with E-state index in [2.05, 4.69) is 0 Å². The molecule has 2 amide bonds. The number of β-amino-alcohol motifs (C(OH)–C–C–N with tert-alkyl or cyclic N) is 1. The summed E-state index contributed by atoms with van der Waals surface area (Å²) in [5.74, 6) is 0. The summed E-state index contributed by atoms with van der Waals surface area (Å²) in [5.41, 5.74) is 0. The van der Waals surface area contributed by atoms with Gasteiger partial charge in [-0.3, -0.25) is 0 Å². The van der Waals surface area contributed by atoms with Gasteiger partial charge >= 0.3 is 6.03 Å². The Bertz CT molecular complexity index is 198. The van der Waals surface area contributed by atoms with Crippen molar-refractivity contribution in [2.24, 2.45) is 0 Å². The number of aliphatic hydroxyl groups is 1. The number of hydrogen-bond donors (Lipinski definition) is 1. The summed E-state index contributed by atoms with van der Waals surface area (Å²) in [6.07, 6.45) is 0. The smallest absolute Gasteiger partial charge is 0.319 e. The molecule has 0 saturated carbocycles. The zero-order valence-electron chi connectivity index (χ0n) is 7.87. The van der Waals surface area contributed by atoms with Crippen LogP contribution in [0.5, 0.6) is 0 Å². The zero-order chi connectivity index (χ0) is 9.35. The van der Waals surface area contributed by atoms with Crippen LogP contribution in [0.3, 0.4) is 0 Å². The fourth-order valence-electron chi connectivity index (χ4n) is 0.807. The van der Waals surface area contributed by atoms with Crippen LogP contribution in [-0.4, -0.2) is 54.2 Å². The summed E-state index contributed by atoms with van der Waals surface area (Å²) < 4.78 is 14.9. The minimum absolute atomic E-state index is 0.0518. The molecule has 0 aromatic heterocycles. The molecule has 1 heterocycles. The van der Waals surface area contributed by atoms with Gasteiger partial charge in [0.05, 0.1) is 9.35 Å². The monoisotopic (exact) mass is 146 g/mol. The molecular formula is C6H12N2O2. The van der Waals surface area contributed by atoms with Gasteiger partial charge in [-0.2, -0.15) is 0 Å². The minimum Gasteiger partial charge on any atom is -0.395 e. The van der Waals surface area contributed by atoms with E-state index in [0.29, 0.717) is 0 Å². The van der Waals surface area contributed by atoms with Crippen molar-refractivity contribution < 1.29 is 12.6 Å². The largest absolute Gasteiger partial charge is 0.395 e. The lowest BCUT2D eigenvalue weighted by atomic mass is 10.5. The molecule has 0 spiro atoms. The molecule has 0 radical (unpaired) electrons. The Labute approximate surface area is 62.8 Å². The third kappa shape index (κ3) is 1.21. The van der Waals surface area contributed by atoms with E-state index in [1.807, 2.05) is 0 Å². The second-order valence-corrected chi connectivity index (χ2v) is 2.17. The van der Waals surface area contributed by atoms with Crippen LogP contribution in [0, 0.1) is 0 Å². The molecule has 1 fully saturated rings. The molecule has 0 unspecified atom stereocenters. The number of urea groups is 1. The molecule has 1 aliphatic heterocycles. The molecular weight excluding hydrogens is 132 g/mol. The quantitative estimate of drug-likeness (QED) is 0.562. The first-order valence-corrected chi connectivity index (χ1v) is 3.12. The van der Waals surface area contributed by atoms with Gasteiger partial charge in [0, 0.05) is 26.6 Å². The minimum atomic E-state index is -1.64. The van der Waals surface area contributed by atoms with E-state index in [1.165, 1.54) is 11.9 Å². The predicted molar refractivity (Wildman–Crippen MR) is 36.7 cm³/mol. The van der Waals surface area contributed by atoms with Crippen molar-refractivity contribution in [3.05, 3.63) is 0 Å². The molecule has 0 aromatic carbocycles. The molecule has 1 N–H and O–H groups in total. The van der Waals surface area contributed by atoms with E-state index in [4.69, 9.17) is 7.85 Å². The van der Waals surface area contributed by atoms with Gasteiger partial charge in [0.1, 0.15) is 0 Å². The van der Waals surface area contributed by atoms with Crippen molar-refractivity contribution in [2.45, 2.75) is 0 Å². The highest BCUT2D eigenvalue weighted by Gasteiger charge is 2.23. The Hall–Kier alpha value is -0.770. The summed E-state index contributed by atoms with van der Waals surface area (Å²) in [6.45, 7) is -1.74. The average Bonchev–Trinajstić information content (AvgIpc) is 2.13. The van der Waals surface area contributed by atoms with Gasteiger partial charge in [-0.25, -0.2) is 4.79 Å². The first-order valence-electron chi connectivity index (χ1n) is 4.12. The maximum atomic E-state index is 11.2. The van der Waals surface area contributed by atoms with Crippen LogP contribution in [0.1, 0.15) is 2.74 Å². The third-order valence-electron chi connectivity index (χ3n) is 1.38. The fraction of sp³-hybridized carbons (Fsp3) is 0.833. The number of likely N-dealkylation sites (N-methyl/N-ethyl adjacent to an activating group) is 1. The maximum Gasteiger partial charge on any atom is 0.319 e. The zero-order valence-corrected chi connectivity index (χ0v) is 5.87. The normalized spacial score (nSPS) is 26.8. The number of hydrogen-bond acceptors (Lipinski definition) is 2. The van der Waals surface area contributed by atoms with Crippen LogP contribution in [0.15, 0.2) is 0 Å². The Morgan fingerprint density at radius 1 is 1.90 bits per heavy atom. The van der Waals surface area contributed by atoms with Gasteiger partial charge in [-0.1, -0.05) is 0 Å². The number of carbonyl (C=O) groups excluding carboxylic acids is 1. The number of rotatable bonds is 2. The van der Waals surface area contributed by atoms with Crippen LogP contribution in [0.25, 0.3) is 0 Å². The van der Waals surface area contributed by atoms with Crippen LogP contribution in [-0.2, 0) is 0 Å². The van der Waals surface area contributed by atoms with Crippen molar-refractivity contribution in [2.75, 3.05) is 33.2 Å². The highest BCUT2D eigenvalue weighted by molar-refractivity contribution is 5.76. The lowest BCUT2D eigenvalue weighted by molar-refractivity contribution is 0.183. The molecule has 10 heavy (non-hydrogen) atoms. The fourth-order valence-corrected chi connectivity index (χ4v) is 0.807. The first-order chi connectivity index (χ1) is 5.49.